The Hall–Kier alpha value is -0.980. The third kappa shape index (κ3) is 4.07. The molecule has 1 aromatic heterocycles. The first-order valence-corrected chi connectivity index (χ1v) is 5.02. The lowest BCUT2D eigenvalue weighted by Gasteiger charge is -2.31. The number of rotatable bonds is 1. The van der Waals surface area contributed by atoms with Gasteiger partial charge in [0.25, 0.3) is 5.56 Å². The standard InChI is InChI=1S/C9H15N5O.2ClH/c10-6-2-1-3-14(5-6)7-4-8(15)13-9(11)12-7;;/h4,6H,1-3,5,10H2,(H3,11,12,13,15);2*1H. The molecule has 98 valence electrons. The van der Waals surface area contributed by atoms with Crippen molar-refractivity contribution >= 4 is 36.6 Å². The lowest BCUT2D eigenvalue weighted by atomic mass is 10.1. The Balaban J connectivity index is 0.00000128. The van der Waals surface area contributed by atoms with Crippen molar-refractivity contribution in [3.63, 3.8) is 0 Å². The van der Waals surface area contributed by atoms with Gasteiger partial charge in [-0.1, -0.05) is 0 Å². The third-order valence-electron chi connectivity index (χ3n) is 2.53. The molecule has 0 radical (unpaired) electrons. The molecule has 0 bridgehead atoms. The molecule has 0 aromatic carbocycles. The first-order chi connectivity index (χ1) is 7.15. The summed E-state index contributed by atoms with van der Waals surface area (Å²) in [5, 5.41) is 0. The van der Waals surface area contributed by atoms with Gasteiger partial charge in [0.15, 0.2) is 0 Å². The van der Waals surface area contributed by atoms with Gasteiger partial charge in [-0.25, -0.2) is 0 Å². The van der Waals surface area contributed by atoms with Gasteiger partial charge in [0.2, 0.25) is 5.95 Å². The number of H-pyrrole nitrogens is 1. The SMILES string of the molecule is Cl.Cl.Nc1nc(N2CCCC(N)C2)cc(=O)[nH]1. The van der Waals surface area contributed by atoms with Crippen molar-refractivity contribution in [2.45, 2.75) is 18.9 Å². The lowest BCUT2D eigenvalue weighted by Crippen LogP contribution is -2.43. The molecule has 0 amide bonds. The predicted molar refractivity (Wildman–Crippen MR) is 73.2 cm³/mol. The second kappa shape index (κ2) is 6.68. The van der Waals surface area contributed by atoms with Gasteiger partial charge in [-0.15, -0.1) is 24.8 Å². The molecule has 17 heavy (non-hydrogen) atoms. The number of piperidine rings is 1. The van der Waals surface area contributed by atoms with Gasteiger partial charge in [-0.05, 0) is 12.8 Å². The summed E-state index contributed by atoms with van der Waals surface area (Å²) >= 11 is 0. The number of anilines is 2. The zero-order valence-electron chi connectivity index (χ0n) is 9.26. The molecule has 8 heteroatoms. The average Bonchev–Trinajstić information content (AvgIpc) is 2.16. The Morgan fingerprint density at radius 2 is 2.18 bits per heavy atom. The zero-order chi connectivity index (χ0) is 10.8. The minimum atomic E-state index is -0.225. The maximum Gasteiger partial charge on any atom is 0.254 e. The van der Waals surface area contributed by atoms with E-state index < -0.39 is 0 Å². The summed E-state index contributed by atoms with van der Waals surface area (Å²) in [5.74, 6) is 0.767. The Morgan fingerprint density at radius 3 is 2.76 bits per heavy atom. The number of hydrogen-bond donors (Lipinski definition) is 3. The number of aromatic amines is 1. The predicted octanol–water partition coefficient (Wildman–Crippen LogP) is 0.123. The van der Waals surface area contributed by atoms with Crippen molar-refractivity contribution in [1.29, 1.82) is 0 Å². The topological polar surface area (TPSA) is 101 Å². The molecule has 1 aliphatic rings. The summed E-state index contributed by atoms with van der Waals surface area (Å²) in [7, 11) is 0. The highest BCUT2D eigenvalue weighted by molar-refractivity contribution is 5.85. The Labute approximate surface area is 112 Å². The molecular weight excluding hydrogens is 265 g/mol. The normalized spacial score (nSPS) is 19.1. The van der Waals surface area contributed by atoms with Gasteiger partial charge < -0.3 is 16.4 Å². The van der Waals surface area contributed by atoms with Crippen LogP contribution in [0.4, 0.5) is 11.8 Å². The van der Waals surface area contributed by atoms with E-state index in [1.54, 1.807) is 0 Å². The zero-order valence-corrected chi connectivity index (χ0v) is 10.9. The van der Waals surface area contributed by atoms with E-state index in [4.69, 9.17) is 11.5 Å². The summed E-state index contributed by atoms with van der Waals surface area (Å²) in [6, 6.07) is 1.61. The van der Waals surface area contributed by atoms with Crippen LogP contribution in [0.3, 0.4) is 0 Å². The summed E-state index contributed by atoms with van der Waals surface area (Å²) in [6.45, 7) is 1.61. The fourth-order valence-corrected chi connectivity index (χ4v) is 1.84. The largest absolute Gasteiger partial charge is 0.369 e. The van der Waals surface area contributed by atoms with E-state index in [0.29, 0.717) is 5.82 Å². The van der Waals surface area contributed by atoms with Crippen LogP contribution in [-0.4, -0.2) is 29.1 Å². The van der Waals surface area contributed by atoms with Crippen molar-refractivity contribution in [1.82, 2.24) is 9.97 Å². The van der Waals surface area contributed by atoms with E-state index in [1.165, 1.54) is 6.07 Å². The van der Waals surface area contributed by atoms with Crippen LogP contribution >= 0.6 is 24.8 Å². The first-order valence-electron chi connectivity index (χ1n) is 5.02. The van der Waals surface area contributed by atoms with Crippen LogP contribution in [-0.2, 0) is 0 Å². The van der Waals surface area contributed by atoms with E-state index in [1.807, 2.05) is 4.90 Å². The van der Waals surface area contributed by atoms with E-state index >= 15 is 0 Å². The summed E-state index contributed by atoms with van der Waals surface area (Å²) < 4.78 is 0. The number of nitrogens with zero attached hydrogens (tertiary/aromatic N) is 2. The molecule has 1 aliphatic heterocycles. The molecule has 0 spiro atoms. The molecule has 1 fully saturated rings. The van der Waals surface area contributed by atoms with Gasteiger partial charge >= 0.3 is 0 Å². The van der Waals surface area contributed by atoms with Crippen LogP contribution in [0.5, 0.6) is 0 Å². The van der Waals surface area contributed by atoms with Crippen LogP contribution in [0, 0.1) is 0 Å². The second-order valence-corrected chi connectivity index (χ2v) is 3.84. The molecule has 1 unspecified atom stereocenters. The third-order valence-corrected chi connectivity index (χ3v) is 2.53. The number of halogens is 2. The summed E-state index contributed by atoms with van der Waals surface area (Å²) in [5.41, 5.74) is 11.1. The molecule has 1 saturated heterocycles. The van der Waals surface area contributed by atoms with Gasteiger partial charge in [0.1, 0.15) is 5.82 Å². The Morgan fingerprint density at radius 1 is 1.47 bits per heavy atom. The number of aromatic nitrogens is 2. The van der Waals surface area contributed by atoms with E-state index in [0.717, 1.165) is 25.9 Å². The fraction of sp³-hybridized carbons (Fsp3) is 0.556. The molecule has 0 saturated carbocycles. The summed E-state index contributed by atoms with van der Waals surface area (Å²) in [6.07, 6.45) is 2.05. The Bertz CT molecular complexity index is 411. The molecule has 6 nitrogen and oxygen atoms in total. The monoisotopic (exact) mass is 281 g/mol. The minimum absolute atomic E-state index is 0. The van der Waals surface area contributed by atoms with Gasteiger partial charge in [-0.3, -0.25) is 9.78 Å². The average molecular weight is 282 g/mol. The quantitative estimate of drug-likeness (QED) is 0.679. The highest BCUT2D eigenvalue weighted by atomic mass is 35.5. The van der Waals surface area contributed by atoms with Crippen LogP contribution in [0.1, 0.15) is 12.8 Å². The van der Waals surface area contributed by atoms with E-state index in [9.17, 15) is 4.79 Å². The second-order valence-electron chi connectivity index (χ2n) is 3.84. The van der Waals surface area contributed by atoms with Crippen molar-refractivity contribution in [2.75, 3.05) is 23.7 Å². The van der Waals surface area contributed by atoms with Crippen LogP contribution < -0.4 is 21.9 Å². The highest BCUT2D eigenvalue weighted by Gasteiger charge is 2.18. The minimum Gasteiger partial charge on any atom is -0.369 e. The van der Waals surface area contributed by atoms with Crippen LogP contribution in [0.2, 0.25) is 0 Å². The highest BCUT2D eigenvalue weighted by Crippen LogP contribution is 2.15. The number of nitrogen functional groups attached to an aromatic ring is 1. The van der Waals surface area contributed by atoms with E-state index in [-0.39, 0.29) is 42.4 Å². The number of nitrogens with one attached hydrogen (secondary N) is 1. The van der Waals surface area contributed by atoms with Crippen molar-refractivity contribution in [3.05, 3.63) is 16.4 Å². The van der Waals surface area contributed by atoms with Gasteiger partial charge in [0, 0.05) is 25.2 Å². The van der Waals surface area contributed by atoms with Gasteiger partial charge in [0.05, 0.1) is 0 Å². The van der Waals surface area contributed by atoms with Crippen molar-refractivity contribution in [2.24, 2.45) is 5.73 Å². The molecule has 1 aromatic rings. The Kier molecular flexibility index (Phi) is 6.30. The van der Waals surface area contributed by atoms with Crippen molar-refractivity contribution < 1.29 is 0 Å². The van der Waals surface area contributed by atoms with Gasteiger partial charge in [-0.2, -0.15) is 4.98 Å². The molecule has 5 N–H and O–H groups in total. The van der Waals surface area contributed by atoms with Crippen LogP contribution in [0.25, 0.3) is 0 Å². The maximum absolute atomic E-state index is 11.2. The van der Waals surface area contributed by atoms with Crippen molar-refractivity contribution in [3.8, 4) is 0 Å². The van der Waals surface area contributed by atoms with E-state index in [2.05, 4.69) is 9.97 Å². The number of hydrogen-bond acceptors (Lipinski definition) is 5. The van der Waals surface area contributed by atoms with Crippen LogP contribution in [0.15, 0.2) is 10.9 Å². The molecule has 2 rings (SSSR count). The lowest BCUT2D eigenvalue weighted by molar-refractivity contribution is 0.503. The maximum atomic E-state index is 11.2. The fourth-order valence-electron chi connectivity index (χ4n) is 1.84. The molecule has 1 atom stereocenters. The summed E-state index contributed by atoms with van der Waals surface area (Å²) in [4.78, 5) is 19.7. The molecular formula is C9H17Cl2N5O. The molecule has 2 heterocycles. The number of nitrogens with two attached hydrogens (primary N) is 2. The smallest absolute Gasteiger partial charge is 0.254 e. The molecule has 0 aliphatic carbocycles. The first kappa shape index (κ1) is 16.0.